The highest BCUT2D eigenvalue weighted by atomic mass is 16.3. The molecule has 0 saturated heterocycles. The van der Waals surface area contributed by atoms with Crippen molar-refractivity contribution < 1.29 is 5.11 Å². The van der Waals surface area contributed by atoms with Gasteiger partial charge in [-0.1, -0.05) is 13.3 Å². The van der Waals surface area contributed by atoms with Gasteiger partial charge in [-0.3, -0.25) is 4.40 Å². The Labute approximate surface area is 106 Å². The molecule has 0 fully saturated rings. The van der Waals surface area contributed by atoms with Crippen molar-refractivity contribution >= 4 is 11.5 Å². The van der Waals surface area contributed by atoms with Gasteiger partial charge in [-0.2, -0.15) is 0 Å². The monoisotopic (exact) mass is 249 g/mol. The van der Waals surface area contributed by atoms with E-state index in [2.05, 4.69) is 27.4 Å². The van der Waals surface area contributed by atoms with Crippen molar-refractivity contribution in [3.8, 4) is 0 Å². The Bertz CT molecular complexity index is 534. The number of rotatable bonds is 5. The molecule has 6 heteroatoms. The third-order valence-electron chi connectivity index (χ3n) is 2.92. The van der Waals surface area contributed by atoms with Crippen molar-refractivity contribution in [1.29, 1.82) is 0 Å². The third-order valence-corrected chi connectivity index (χ3v) is 2.92. The van der Waals surface area contributed by atoms with Crippen LogP contribution in [0.5, 0.6) is 0 Å². The van der Waals surface area contributed by atoms with Gasteiger partial charge in [0.15, 0.2) is 5.82 Å². The van der Waals surface area contributed by atoms with E-state index >= 15 is 0 Å². The lowest BCUT2D eigenvalue weighted by atomic mass is 10.0. The van der Waals surface area contributed by atoms with Crippen LogP contribution in [0.4, 0.5) is 5.82 Å². The molecule has 0 aliphatic carbocycles. The Morgan fingerprint density at radius 1 is 1.44 bits per heavy atom. The van der Waals surface area contributed by atoms with Crippen LogP contribution in [-0.4, -0.2) is 36.8 Å². The lowest BCUT2D eigenvalue weighted by Crippen LogP contribution is -2.33. The Morgan fingerprint density at radius 2 is 2.22 bits per heavy atom. The number of aryl methyl sites for hydroxylation is 1. The van der Waals surface area contributed by atoms with E-state index < -0.39 is 5.60 Å². The summed E-state index contributed by atoms with van der Waals surface area (Å²) in [6.07, 6.45) is 5.20. The first-order valence-corrected chi connectivity index (χ1v) is 6.16. The molecule has 0 aliphatic rings. The van der Waals surface area contributed by atoms with Gasteiger partial charge in [0.2, 0.25) is 5.65 Å². The molecule has 0 saturated carbocycles. The average molecular weight is 249 g/mol. The van der Waals surface area contributed by atoms with E-state index in [4.69, 9.17) is 0 Å². The van der Waals surface area contributed by atoms with Gasteiger partial charge < -0.3 is 10.4 Å². The molecule has 0 spiro atoms. The van der Waals surface area contributed by atoms with E-state index in [-0.39, 0.29) is 0 Å². The summed E-state index contributed by atoms with van der Waals surface area (Å²) in [4.78, 5) is 4.24. The second-order valence-corrected chi connectivity index (χ2v) is 4.82. The zero-order chi connectivity index (χ0) is 13.2. The summed E-state index contributed by atoms with van der Waals surface area (Å²) in [6.45, 7) is 6.20. The van der Waals surface area contributed by atoms with E-state index in [1.807, 2.05) is 24.4 Å². The van der Waals surface area contributed by atoms with Gasteiger partial charge >= 0.3 is 0 Å². The first-order valence-electron chi connectivity index (χ1n) is 6.16. The van der Waals surface area contributed by atoms with Crippen molar-refractivity contribution in [2.45, 2.75) is 39.2 Å². The number of nitrogens with zero attached hydrogens (tertiary/aromatic N) is 4. The Hall–Kier alpha value is -1.69. The standard InChI is InChI=1S/C12H19N5O/c1-4-5-12(3,18)8-14-10-11-16-15-9(2)17(11)7-6-13-10/h6-7,18H,4-5,8H2,1-3H3,(H,13,14). The Kier molecular flexibility index (Phi) is 3.47. The summed E-state index contributed by atoms with van der Waals surface area (Å²) < 4.78 is 1.86. The van der Waals surface area contributed by atoms with Gasteiger partial charge in [0.05, 0.1) is 5.60 Å². The normalized spacial score (nSPS) is 14.7. The van der Waals surface area contributed by atoms with E-state index in [0.717, 1.165) is 18.7 Å². The molecule has 1 atom stereocenters. The van der Waals surface area contributed by atoms with Crippen molar-refractivity contribution in [3.05, 3.63) is 18.2 Å². The van der Waals surface area contributed by atoms with Crippen LogP contribution in [0.15, 0.2) is 12.4 Å². The maximum Gasteiger partial charge on any atom is 0.203 e. The highest BCUT2D eigenvalue weighted by Gasteiger charge is 2.19. The van der Waals surface area contributed by atoms with E-state index in [1.54, 1.807) is 6.20 Å². The first kappa shape index (κ1) is 12.8. The lowest BCUT2D eigenvalue weighted by molar-refractivity contribution is 0.0636. The molecular formula is C12H19N5O. The summed E-state index contributed by atoms with van der Waals surface area (Å²) in [7, 11) is 0. The number of anilines is 1. The number of aliphatic hydroxyl groups is 1. The fraction of sp³-hybridized carbons (Fsp3) is 0.583. The molecule has 18 heavy (non-hydrogen) atoms. The average Bonchev–Trinajstić information content (AvgIpc) is 2.69. The molecular weight excluding hydrogens is 230 g/mol. The minimum atomic E-state index is -0.738. The van der Waals surface area contributed by atoms with Crippen LogP contribution in [0.25, 0.3) is 5.65 Å². The molecule has 2 heterocycles. The first-order chi connectivity index (χ1) is 8.53. The van der Waals surface area contributed by atoms with Gasteiger partial charge in [-0.25, -0.2) is 4.98 Å². The van der Waals surface area contributed by atoms with E-state index in [0.29, 0.717) is 18.0 Å². The lowest BCUT2D eigenvalue weighted by Gasteiger charge is -2.23. The number of fused-ring (bicyclic) bond motifs is 1. The molecule has 2 N–H and O–H groups in total. The molecule has 1 unspecified atom stereocenters. The molecule has 2 aromatic rings. The molecule has 2 rings (SSSR count). The van der Waals surface area contributed by atoms with Crippen molar-refractivity contribution in [2.24, 2.45) is 0 Å². The van der Waals surface area contributed by atoms with E-state index in [9.17, 15) is 5.11 Å². The van der Waals surface area contributed by atoms with Gasteiger partial charge in [0.1, 0.15) is 5.82 Å². The highest BCUT2D eigenvalue weighted by molar-refractivity contribution is 5.62. The molecule has 0 aromatic carbocycles. The third kappa shape index (κ3) is 2.59. The Morgan fingerprint density at radius 3 is 2.94 bits per heavy atom. The summed E-state index contributed by atoms with van der Waals surface area (Å²) >= 11 is 0. The fourth-order valence-electron chi connectivity index (χ4n) is 1.97. The SMILES string of the molecule is CCCC(C)(O)CNc1nccn2c(C)nnc12. The summed E-state index contributed by atoms with van der Waals surface area (Å²) in [5, 5.41) is 21.3. The van der Waals surface area contributed by atoms with Crippen LogP contribution in [0, 0.1) is 6.92 Å². The number of nitrogens with one attached hydrogen (secondary N) is 1. The van der Waals surface area contributed by atoms with Gasteiger partial charge in [-0.05, 0) is 20.3 Å². The predicted molar refractivity (Wildman–Crippen MR) is 69.5 cm³/mol. The van der Waals surface area contributed by atoms with Crippen molar-refractivity contribution in [3.63, 3.8) is 0 Å². The number of aromatic nitrogens is 4. The maximum absolute atomic E-state index is 10.1. The smallest absolute Gasteiger partial charge is 0.203 e. The largest absolute Gasteiger partial charge is 0.388 e. The topological polar surface area (TPSA) is 75.3 Å². The number of hydrogen-bond acceptors (Lipinski definition) is 5. The molecule has 6 nitrogen and oxygen atoms in total. The predicted octanol–water partition coefficient (Wildman–Crippen LogP) is 1.40. The van der Waals surface area contributed by atoms with Crippen LogP contribution in [0.2, 0.25) is 0 Å². The van der Waals surface area contributed by atoms with Gasteiger partial charge in [0, 0.05) is 18.9 Å². The minimum absolute atomic E-state index is 0.444. The molecule has 0 radical (unpaired) electrons. The maximum atomic E-state index is 10.1. The molecule has 0 amide bonds. The summed E-state index contributed by atoms with van der Waals surface area (Å²) in [5.41, 5.74) is -0.0551. The van der Waals surface area contributed by atoms with Gasteiger partial charge in [0.25, 0.3) is 0 Å². The quantitative estimate of drug-likeness (QED) is 0.837. The summed E-state index contributed by atoms with van der Waals surface area (Å²) in [6, 6.07) is 0. The minimum Gasteiger partial charge on any atom is -0.388 e. The second-order valence-electron chi connectivity index (χ2n) is 4.82. The second kappa shape index (κ2) is 4.89. The molecule has 98 valence electrons. The summed E-state index contributed by atoms with van der Waals surface area (Å²) in [5.74, 6) is 1.46. The van der Waals surface area contributed by atoms with Crippen molar-refractivity contribution in [2.75, 3.05) is 11.9 Å². The van der Waals surface area contributed by atoms with E-state index in [1.165, 1.54) is 0 Å². The van der Waals surface area contributed by atoms with Crippen LogP contribution in [-0.2, 0) is 0 Å². The van der Waals surface area contributed by atoms with Crippen molar-refractivity contribution in [1.82, 2.24) is 19.6 Å². The highest BCUT2D eigenvalue weighted by Crippen LogP contribution is 2.16. The van der Waals surface area contributed by atoms with Crippen LogP contribution >= 0.6 is 0 Å². The Balaban J connectivity index is 2.17. The zero-order valence-electron chi connectivity index (χ0n) is 11.0. The van der Waals surface area contributed by atoms with Crippen LogP contribution in [0.1, 0.15) is 32.5 Å². The molecule has 0 bridgehead atoms. The van der Waals surface area contributed by atoms with Crippen LogP contribution in [0.3, 0.4) is 0 Å². The molecule has 0 aliphatic heterocycles. The van der Waals surface area contributed by atoms with Crippen LogP contribution < -0.4 is 5.32 Å². The van der Waals surface area contributed by atoms with Gasteiger partial charge in [-0.15, -0.1) is 10.2 Å². The fourth-order valence-corrected chi connectivity index (χ4v) is 1.97. The molecule has 2 aromatic heterocycles. The number of hydrogen-bond donors (Lipinski definition) is 2. The zero-order valence-corrected chi connectivity index (χ0v) is 11.0.